The summed E-state index contributed by atoms with van der Waals surface area (Å²) in [4.78, 5) is 7.07. The van der Waals surface area contributed by atoms with E-state index in [1.807, 2.05) is 0 Å². The molecule has 0 aliphatic heterocycles. The van der Waals surface area contributed by atoms with Crippen LogP contribution in [0.25, 0.3) is 33.4 Å². The molecule has 0 amide bonds. The second kappa shape index (κ2) is 21.9. The Bertz CT molecular complexity index is 3170. The quantitative estimate of drug-likeness (QED) is 0.0956. The van der Waals surface area contributed by atoms with E-state index in [1.165, 1.54) is 33.4 Å². The minimum atomic E-state index is 1.01. The van der Waals surface area contributed by atoms with Crippen molar-refractivity contribution in [3.8, 4) is 33.4 Å². The van der Waals surface area contributed by atoms with Crippen LogP contribution in [0, 0.1) is 13.8 Å². The maximum absolute atomic E-state index is 2.36. The van der Waals surface area contributed by atoms with Gasteiger partial charge in [-0.05, 0) is 223 Å². The van der Waals surface area contributed by atoms with Crippen LogP contribution in [0.2, 0.25) is 0 Å². The number of aryl methyl sites for hydroxylation is 6. The lowest BCUT2D eigenvalue weighted by Gasteiger charge is -2.26. The van der Waals surface area contributed by atoms with Crippen LogP contribution in [0.3, 0.4) is 0 Å². The molecule has 0 heterocycles. The lowest BCUT2D eigenvalue weighted by Crippen LogP contribution is -2.10. The van der Waals surface area contributed by atoms with Crippen molar-refractivity contribution >= 4 is 51.2 Å². The van der Waals surface area contributed by atoms with Crippen molar-refractivity contribution < 1.29 is 0 Å². The Kier molecular flexibility index (Phi) is 14.5. The molecule has 0 atom stereocenters. The average Bonchev–Trinajstić information content (AvgIpc) is 3.45. The van der Waals surface area contributed by atoms with Crippen LogP contribution < -0.4 is 14.7 Å². The van der Waals surface area contributed by atoms with E-state index >= 15 is 0 Å². The summed E-state index contributed by atoms with van der Waals surface area (Å²) in [5.41, 5.74) is 24.9. The summed E-state index contributed by atoms with van der Waals surface area (Å²) < 4.78 is 0. The van der Waals surface area contributed by atoms with Gasteiger partial charge in [0.15, 0.2) is 0 Å². The van der Waals surface area contributed by atoms with E-state index in [0.29, 0.717) is 0 Å². The molecule has 0 radical (unpaired) electrons. The standard InChI is InChI=1S/C70H65N3/c1-7-52-15-33-64(34-16-52)71(62-29-11-50(5)12-30-62)68-41-23-56(24-42-68)59-47-60(57-25-43-69(44-26-57)72(63-31-13-51(6)14-32-63)65-35-17-53(8-2)18-36-65)49-61(48-59)58-27-45-70(46-28-58)73(66-37-19-54(9-3)20-38-66)67-39-21-55(10-4)22-40-67/h11-49H,7-10H2,1-6H3. The highest BCUT2D eigenvalue weighted by Crippen LogP contribution is 2.41. The van der Waals surface area contributed by atoms with Crippen molar-refractivity contribution in [1.82, 2.24) is 0 Å². The summed E-state index contributed by atoms with van der Waals surface area (Å²) in [5, 5.41) is 0. The molecule has 0 aromatic heterocycles. The van der Waals surface area contributed by atoms with E-state index in [1.54, 1.807) is 0 Å². The van der Waals surface area contributed by atoms with Gasteiger partial charge in [-0.15, -0.1) is 0 Å². The topological polar surface area (TPSA) is 9.72 Å². The first-order chi connectivity index (χ1) is 35.8. The second-order valence-electron chi connectivity index (χ2n) is 19.2. The van der Waals surface area contributed by atoms with Crippen LogP contribution in [0.5, 0.6) is 0 Å². The molecule has 0 bridgehead atoms. The Morgan fingerprint density at radius 2 is 0.370 bits per heavy atom. The molecule has 73 heavy (non-hydrogen) atoms. The van der Waals surface area contributed by atoms with Gasteiger partial charge >= 0.3 is 0 Å². The van der Waals surface area contributed by atoms with Crippen molar-refractivity contribution in [2.24, 2.45) is 0 Å². The zero-order valence-electron chi connectivity index (χ0n) is 43.2. The molecule has 3 nitrogen and oxygen atoms in total. The molecule has 0 unspecified atom stereocenters. The normalized spacial score (nSPS) is 11.1. The minimum Gasteiger partial charge on any atom is -0.311 e. The number of hydrogen-bond acceptors (Lipinski definition) is 3. The zero-order chi connectivity index (χ0) is 50.3. The highest BCUT2D eigenvalue weighted by atomic mass is 15.2. The van der Waals surface area contributed by atoms with Crippen LogP contribution >= 0.6 is 0 Å². The van der Waals surface area contributed by atoms with E-state index in [0.717, 1.165) is 110 Å². The first-order valence-corrected chi connectivity index (χ1v) is 26.1. The van der Waals surface area contributed by atoms with Gasteiger partial charge in [-0.25, -0.2) is 0 Å². The molecular formula is C70H65N3. The van der Waals surface area contributed by atoms with Gasteiger partial charge in [-0.2, -0.15) is 0 Å². The van der Waals surface area contributed by atoms with Crippen molar-refractivity contribution in [2.75, 3.05) is 14.7 Å². The molecule has 0 saturated heterocycles. The van der Waals surface area contributed by atoms with Gasteiger partial charge in [-0.3, -0.25) is 0 Å². The predicted octanol–water partition coefficient (Wildman–Crippen LogP) is 20.0. The van der Waals surface area contributed by atoms with Gasteiger partial charge in [0.05, 0.1) is 0 Å². The maximum Gasteiger partial charge on any atom is 0.0462 e. The molecule has 0 saturated carbocycles. The molecule has 0 N–H and O–H groups in total. The van der Waals surface area contributed by atoms with E-state index in [9.17, 15) is 0 Å². The highest BCUT2D eigenvalue weighted by molar-refractivity contribution is 5.86. The number of rotatable bonds is 16. The van der Waals surface area contributed by atoms with Crippen LogP contribution in [0.15, 0.2) is 237 Å². The first kappa shape index (κ1) is 48.2. The first-order valence-electron chi connectivity index (χ1n) is 26.1. The molecule has 0 spiro atoms. The van der Waals surface area contributed by atoms with Crippen molar-refractivity contribution in [3.05, 3.63) is 270 Å². The van der Waals surface area contributed by atoms with Gasteiger partial charge < -0.3 is 14.7 Å². The summed E-state index contributed by atoms with van der Waals surface area (Å²) in [6.45, 7) is 13.1. The smallest absolute Gasteiger partial charge is 0.0462 e. The van der Waals surface area contributed by atoms with Crippen molar-refractivity contribution in [3.63, 3.8) is 0 Å². The van der Waals surface area contributed by atoms with Gasteiger partial charge in [-0.1, -0.05) is 148 Å². The zero-order valence-corrected chi connectivity index (χ0v) is 43.2. The largest absolute Gasteiger partial charge is 0.311 e. The molecule has 0 fully saturated rings. The fourth-order valence-corrected chi connectivity index (χ4v) is 9.79. The lowest BCUT2D eigenvalue weighted by molar-refractivity contribution is 1.13. The van der Waals surface area contributed by atoms with Crippen molar-refractivity contribution in [2.45, 2.75) is 67.2 Å². The van der Waals surface area contributed by atoms with Gasteiger partial charge in [0.2, 0.25) is 0 Å². The number of nitrogens with zero attached hydrogens (tertiary/aromatic N) is 3. The molecule has 10 aromatic carbocycles. The number of anilines is 9. The van der Waals surface area contributed by atoms with Gasteiger partial charge in [0.1, 0.15) is 0 Å². The Labute approximate surface area is 434 Å². The Balaban J connectivity index is 1.05. The van der Waals surface area contributed by atoms with Crippen LogP contribution in [-0.4, -0.2) is 0 Å². The van der Waals surface area contributed by atoms with Crippen molar-refractivity contribution in [1.29, 1.82) is 0 Å². The van der Waals surface area contributed by atoms with Crippen LogP contribution in [0.4, 0.5) is 51.2 Å². The molecule has 0 aliphatic carbocycles. The molecule has 360 valence electrons. The summed E-state index contributed by atoms with van der Waals surface area (Å²) in [6.07, 6.45) is 4.03. The van der Waals surface area contributed by atoms with Crippen LogP contribution in [0.1, 0.15) is 61.1 Å². The molecule has 0 aliphatic rings. The number of benzene rings is 10. The predicted molar refractivity (Wildman–Crippen MR) is 314 cm³/mol. The molecule has 3 heteroatoms. The van der Waals surface area contributed by atoms with E-state index in [4.69, 9.17) is 0 Å². The third-order valence-electron chi connectivity index (χ3n) is 14.3. The molecule has 10 rings (SSSR count). The second-order valence-corrected chi connectivity index (χ2v) is 19.2. The fourth-order valence-electron chi connectivity index (χ4n) is 9.79. The Morgan fingerprint density at radius 3 is 0.548 bits per heavy atom. The summed E-state index contributed by atoms with van der Waals surface area (Å²) in [7, 11) is 0. The summed E-state index contributed by atoms with van der Waals surface area (Å²) in [6, 6.07) is 87.9. The van der Waals surface area contributed by atoms with E-state index < -0.39 is 0 Å². The highest BCUT2D eigenvalue weighted by Gasteiger charge is 2.18. The lowest BCUT2D eigenvalue weighted by atomic mass is 9.93. The molecular weight excluding hydrogens is 883 g/mol. The summed E-state index contributed by atoms with van der Waals surface area (Å²) in [5.74, 6) is 0. The Hall–Kier alpha value is -8.40. The summed E-state index contributed by atoms with van der Waals surface area (Å²) >= 11 is 0. The third-order valence-corrected chi connectivity index (χ3v) is 14.3. The van der Waals surface area contributed by atoms with Gasteiger partial charge in [0.25, 0.3) is 0 Å². The molecule has 10 aromatic rings. The van der Waals surface area contributed by atoms with E-state index in [-0.39, 0.29) is 0 Å². The fraction of sp³-hybridized carbons (Fsp3) is 0.143. The van der Waals surface area contributed by atoms with E-state index in [2.05, 4.69) is 293 Å². The van der Waals surface area contributed by atoms with Gasteiger partial charge in [0, 0.05) is 51.2 Å². The monoisotopic (exact) mass is 948 g/mol. The third kappa shape index (κ3) is 10.8. The maximum atomic E-state index is 2.36. The minimum absolute atomic E-state index is 1.01. The van der Waals surface area contributed by atoms with Crippen LogP contribution in [-0.2, 0) is 25.7 Å². The number of hydrogen-bond donors (Lipinski definition) is 0. The average molecular weight is 948 g/mol. The Morgan fingerprint density at radius 1 is 0.205 bits per heavy atom. The SMILES string of the molecule is CCc1ccc(N(c2ccc(C)cc2)c2ccc(-c3cc(-c4ccc(N(c5ccc(C)cc5)c5ccc(CC)cc5)cc4)cc(-c4ccc(N(c5ccc(CC)cc5)c5ccc(CC)cc5)cc4)c3)cc2)cc1.